The first kappa shape index (κ1) is 13.1. The van der Waals surface area contributed by atoms with Gasteiger partial charge in [0.1, 0.15) is 0 Å². The molecular formula is C15H22N2O. The Morgan fingerprint density at radius 2 is 1.94 bits per heavy atom. The Hall–Kier alpha value is -1.35. The van der Waals surface area contributed by atoms with Crippen LogP contribution in [-0.2, 0) is 0 Å². The van der Waals surface area contributed by atoms with Gasteiger partial charge < -0.3 is 10.2 Å². The largest absolute Gasteiger partial charge is 0.342 e. The predicted octanol–water partition coefficient (Wildman–Crippen LogP) is 2.15. The van der Waals surface area contributed by atoms with Crippen LogP contribution in [0.3, 0.4) is 0 Å². The average Bonchev–Trinajstić information content (AvgIpc) is 2.46. The minimum Gasteiger partial charge on any atom is -0.342 e. The highest BCUT2D eigenvalue weighted by molar-refractivity contribution is 5.93. The molecule has 98 valence electrons. The molecule has 3 heteroatoms. The van der Waals surface area contributed by atoms with E-state index in [4.69, 9.17) is 0 Å². The first-order chi connectivity index (χ1) is 8.77. The molecule has 0 saturated carbocycles. The quantitative estimate of drug-likeness (QED) is 0.883. The summed E-state index contributed by atoms with van der Waals surface area (Å²) >= 11 is 0. The van der Waals surface area contributed by atoms with E-state index < -0.39 is 0 Å². The Morgan fingerprint density at radius 1 is 1.28 bits per heavy atom. The normalized spacial score (nSPS) is 16.5. The topological polar surface area (TPSA) is 32.3 Å². The van der Waals surface area contributed by atoms with E-state index in [1.165, 1.54) is 12.8 Å². The van der Waals surface area contributed by atoms with Gasteiger partial charge in [-0.3, -0.25) is 4.79 Å². The van der Waals surface area contributed by atoms with Gasteiger partial charge in [0.15, 0.2) is 0 Å². The highest BCUT2D eigenvalue weighted by atomic mass is 16.2. The molecular weight excluding hydrogens is 224 g/mol. The summed E-state index contributed by atoms with van der Waals surface area (Å²) in [5.41, 5.74) is 0.783. The van der Waals surface area contributed by atoms with Crippen molar-refractivity contribution >= 4 is 5.91 Å². The van der Waals surface area contributed by atoms with E-state index in [-0.39, 0.29) is 5.91 Å². The summed E-state index contributed by atoms with van der Waals surface area (Å²) in [6.07, 6.45) is 3.61. The van der Waals surface area contributed by atoms with Gasteiger partial charge in [0.25, 0.3) is 5.91 Å². The number of piperidine rings is 1. The fourth-order valence-electron chi connectivity index (χ4n) is 2.45. The number of carbonyl (C=O) groups excluding carboxylic acids is 1. The van der Waals surface area contributed by atoms with Crippen LogP contribution in [0.2, 0.25) is 0 Å². The second kappa shape index (κ2) is 6.55. The van der Waals surface area contributed by atoms with Crippen molar-refractivity contribution in [2.45, 2.75) is 19.3 Å². The van der Waals surface area contributed by atoms with E-state index in [0.717, 1.165) is 37.5 Å². The van der Waals surface area contributed by atoms with E-state index >= 15 is 0 Å². The predicted molar refractivity (Wildman–Crippen MR) is 73.6 cm³/mol. The third-order valence-corrected chi connectivity index (χ3v) is 3.70. The van der Waals surface area contributed by atoms with E-state index in [9.17, 15) is 4.79 Å². The number of rotatable bonds is 4. The zero-order valence-corrected chi connectivity index (χ0v) is 11.1. The van der Waals surface area contributed by atoms with Crippen LogP contribution in [0.15, 0.2) is 30.3 Å². The van der Waals surface area contributed by atoms with Gasteiger partial charge in [-0.25, -0.2) is 0 Å². The number of nitrogens with one attached hydrogen (secondary N) is 1. The lowest BCUT2D eigenvalue weighted by Gasteiger charge is -2.25. The van der Waals surface area contributed by atoms with Gasteiger partial charge in [-0.05, 0) is 50.4 Å². The van der Waals surface area contributed by atoms with Gasteiger partial charge in [0, 0.05) is 19.2 Å². The molecule has 1 fully saturated rings. The van der Waals surface area contributed by atoms with Crippen molar-refractivity contribution in [3.8, 4) is 0 Å². The maximum Gasteiger partial charge on any atom is 0.253 e. The number of carbonyl (C=O) groups is 1. The minimum absolute atomic E-state index is 0.129. The minimum atomic E-state index is 0.129. The Bertz CT molecular complexity index is 371. The smallest absolute Gasteiger partial charge is 0.253 e. The summed E-state index contributed by atoms with van der Waals surface area (Å²) in [6.45, 7) is 3.11. The third kappa shape index (κ3) is 3.57. The van der Waals surface area contributed by atoms with E-state index in [2.05, 4.69) is 5.32 Å². The molecule has 1 N–H and O–H groups in total. The molecule has 0 aliphatic carbocycles. The van der Waals surface area contributed by atoms with Crippen molar-refractivity contribution in [1.82, 2.24) is 10.2 Å². The van der Waals surface area contributed by atoms with E-state index in [1.54, 1.807) is 0 Å². The van der Waals surface area contributed by atoms with Crippen molar-refractivity contribution in [2.24, 2.45) is 5.92 Å². The zero-order valence-electron chi connectivity index (χ0n) is 11.1. The molecule has 1 amide bonds. The van der Waals surface area contributed by atoms with Gasteiger partial charge in [-0.1, -0.05) is 18.2 Å². The van der Waals surface area contributed by atoms with Crippen molar-refractivity contribution in [3.63, 3.8) is 0 Å². The molecule has 1 aliphatic heterocycles. The van der Waals surface area contributed by atoms with Crippen molar-refractivity contribution in [1.29, 1.82) is 0 Å². The van der Waals surface area contributed by atoms with Crippen molar-refractivity contribution < 1.29 is 4.79 Å². The SMILES string of the molecule is CN(CCC1CCNCC1)C(=O)c1ccccc1. The maximum absolute atomic E-state index is 12.1. The van der Waals surface area contributed by atoms with Gasteiger partial charge >= 0.3 is 0 Å². The van der Waals surface area contributed by atoms with Crippen LogP contribution in [0.25, 0.3) is 0 Å². The number of hydrogen-bond acceptors (Lipinski definition) is 2. The average molecular weight is 246 g/mol. The molecule has 1 aromatic carbocycles. The van der Waals surface area contributed by atoms with Crippen LogP contribution in [0.5, 0.6) is 0 Å². The highest BCUT2D eigenvalue weighted by Gasteiger charge is 2.16. The molecule has 3 nitrogen and oxygen atoms in total. The fourth-order valence-corrected chi connectivity index (χ4v) is 2.45. The highest BCUT2D eigenvalue weighted by Crippen LogP contribution is 2.16. The van der Waals surface area contributed by atoms with Gasteiger partial charge in [0.05, 0.1) is 0 Å². The van der Waals surface area contributed by atoms with Crippen LogP contribution in [0.4, 0.5) is 0 Å². The van der Waals surface area contributed by atoms with E-state index in [1.807, 2.05) is 42.3 Å². The van der Waals surface area contributed by atoms with Gasteiger partial charge in [-0.2, -0.15) is 0 Å². The second-order valence-electron chi connectivity index (χ2n) is 5.07. The van der Waals surface area contributed by atoms with Crippen LogP contribution in [0, 0.1) is 5.92 Å². The summed E-state index contributed by atoms with van der Waals surface area (Å²) in [5.74, 6) is 0.904. The van der Waals surface area contributed by atoms with Crippen LogP contribution in [-0.4, -0.2) is 37.5 Å². The first-order valence-electron chi connectivity index (χ1n) is 6.78. The fraction of sp³-hybridized carbons (Fsp3) is 0.533. The lowest BCUT2D eigenvalue weighted by Crippen LogP contribution is -2.32. The Morgan fingerprint density at radius 3 is 2.61 bits per heavy atom. The maximum atomic E-state index is 12.1. The summed E-state index contributed by atoms with van der Waals surface area (Å²) < 4.78 is 0. The molecule has 1 aliphatic rings. The van der Waals surface area contributed by atoms with Crippen molar-refractivity contribution in [2.75, 3.05) is 26.7 Å². The molecule has 0 atom stereocenters. The lowest BCUT2D eigenvalue weighted by atomic mass is 9.94. The number of amides is 1. The Balaban J connectivity index is 1.80. The molecule has 0 unspecified atom stereocenters. The summed E-state index contributed by atoms with van der Waals surface area (Å²) in [4.78, 5) is 14.0. The number of hydrogen-bond donors (Lipinski definition) is 1. The van der Waals surface area contributed by atoms with E-state index in [0.29, 0.717) is 0 Å². The summed E-state index contributed by atoms with van der Waals surface area (Å²) in [6, 6.07) is 9.51. The third-order valence-electron chi connectivity index (χ3n) is 3.70. The molecule has 1 aromatic rings. The van der Waals surface area contributed by atoms with Crippen molar-refractivity contribution in [3.05, 3.63) is 35.9 Å². The lowest BCUT2D eigenvalue weighted by molar-refractivity contribution is 0.0784. The molecule has 0 spiro atoms. The number of benzene rings is 1. The molecule has 1 heterocycles. The summed E-state index contributed by atoms with van der Waals surface area (Å²) in [7, 11) is 1.90. The monoisotopic (exact) mass is 246 g/mol. The molecule has 1 saturated heterocycles. The molecule has 2 rings (SSSR count). The molecule has 0 aromatic heterocycles. The van der Waals surface area contributed by atoms with Crippen LogP contribution in [0.1, 0.15) is 29.6 Å². The molecule has 0 bridgehead atoms. The summed E-state index contributed by atoms with van der Waals surface area (Å²) in [5, 5.41) is 3.37. The van der Waals surface area contributed by atoms with Crippen LogP contribution < -0.4 is 5.32 Å². The Kier molecular flexibility index (Phi) is 4.76. The standard InChI is InChI=1S/C15H22N2O/c1-17(12-9-13-7-10-16-11-8-13)15(18)14-5-3-2-4-6-14/h2-6,13,16H,7-12H2,1H3. The molecule has 0 radical (unpaired) electrons. The van der Waals surface area contributed by atoms with Gasteiger partial charge in [-0.15, -0.1) is 0 Å². The van der Waals surface area contributed by atoms with Crippen LogP contribution >= 0.6 is 0 Å². The number of nitrogens with zero attached hydrogens (tertiary/aromatic N) is 1. The second-order valence-corrected chi connectivity index (χ2v) is 5.07. The Labute approximate surface area is 109 Å². The molecule has 18 heavy (non-hydrogen) atoms. The van der Waals surface area contributed by atoms with Gasteiger partial charge in [0.2, 0.25) is 0 Å². The first-order valence-corrected chi connectivity index (χ1v) is 6.78. The zero-order chi connectivity index (χ0) is 12.8.